The zero-order valence-electron chi connectivity index (χ0n) is 10.8. The summed E-state index contributed by atoms with van der Waals surface area (Å²) >= 11 is 2.03. The molecule has 2 aliphatic carbocycles. The summed E-state index contributed by atoms with van der Waals surface area (Å²) in [6, 6.07) is 10.4. The van der Waals surface area contributed by atoms with Gasteiger partial charge in [-0.3, -0.25) is 0 Å². The Kier molecular flexibility index (Phi) is 2.89. The number of hydrogen-bond acceptors (Lipinski definition) is 2. The van der Waals surface area contributed by atoms with Crippen LogP contribution in [0, 0.1) is 11.8 Å². The molecule has 1 N–H and O–H groups in total. The third-order valence-corrected chi connectivity index (χ3v) is 6.23. The fraction of sp³-hybridized carbons (Fsp3) is 0.625. The third kappa shape index (κ3) is 1.90. The van der Waals surface area contributed by atoms with E-state index in [0.29, 0.717) is 6.04 Å². The molecule has 2 bridgehead atoms. The Labute approximate surface area is 114 Å². The molecule has 4 atom stereocenters. The quantitative estimate of drug-likeness (QED) is 0.861. The Bertz CT molecular complexity index is 444. The van der Waals surface area contributed by atoms with E-state index in [4.69, 9.17) is 0 Å². The van der Waals surface area contributed by atoms with E-state index in [1.165, 1.54) is 42.8 Å². The number of fused-ring (bicyclic) bond motifs is 3. The molecule has 0 aromatic heterocycles. The minimum atomic E-state index is 0.617. The Morgan fingerprint density at radius 3 is 2.83 bits per heavy atom. The Morgan fingerprint density at radius 2 is 2.00 bits per heavy atom. The van der Waals surface area contributed by atoms with Crippen LogP contribution < -0.4 is 5.32 Å². The van der Waals surface area contributed by atoms with Crippen LogP contribution in [-0.2, 0) is 0 Å². The third-order valence-electron chi connectivity index (χ3n) is 5.11. The van der Waals surface area contributed by atoms with Gasteiger partial charge in [0.2, 0.25) is 0 Å². The van der Waals surface area contributed by atoms with E-state index in [0.717, 1.165) is 17.9 Å². The van der Waals surface area contributed by atoms with E-state index in [1.807, 2.05) is 11.8 Å². The van der Waals surface area contributed by atoms with Crippen LogP contribution in [0.25, 0.3) is 0 Å². The molecular weight excluding hydrogens is 238 g/mol. The first kappa shape index (κ1) is 11.4. The van der Waals surface area contributed by atoms with E-state index >= 15 is 0 Å². The summed E-state index contributed by atoms with van der Waals surface area (Å²) in [6.07, 6.45) is 7.22. The maximum Gasteiger partial charge on any atom is 0.0341 e. The van der Waals surface area contributed by atoms with Crippen LogP contribution in [-0.4, -0.2) is 11.8 Å². The van der Waals surface area contributed by atoms with Crippen molar-refractivity contribution in [2.45, 2.75) is 49.1 Å². The van der Waals surface area contributed by atoms with Gasteiger partial charge >= 0.3 is 0 Å². The van der Waals surface area contributed by atoms with Crippen LogP contribution in [0.1, 0.15) is 43.7 Å². The minimum Gasteiger partial charge on any atom is -0.307 e. The van der Waals surface area contributed by atoms with Gasteiger partial charge in [0, 0.05) is 17.0 Å². The lowest BCUT2D eigenvalue weighted by molar-refractivity contribution is 0.313. The number of rotatable bonds is 2. The first-order chi connectivity index (χ1) is 8.90. The van der Waals surface area contributed by atoms with Gasteiger partial charge in [0.25, 0.3) is 0 Å². The van der Waals surface area contributed by atoms with Gasteiger partial charge in [-0.2, -0.15) is 0 Å². The van der Waals surface area contributed by atoms with Gasteiger partial charge < -0.3 is 5.32 Å². The SMILES string of the molecule is c1ccc2c(c1)SCCC2NC1CC2CCC1C2. The van der Waals surface area contributed by atoms with Crippen molar-refractivity contribution in [3.63, 3.8) is 0 Å². The van der Waals surface area contributed by atoms with Crippen LogP contribution in [0.2, 0.25) is 0 Å². The molecule has 0 radical (unpaired) electrons. The highest BCUT2D eigenvalue weighted by Crippen LogP contribution is 2.46. The molecular formula is C16H21NS. The summed E-state index contributed by atoms with van der Waals surface area (Å²) in [5.74, 6) is 3.30. The molecule has 2 heteroatoms. The second kappa shape index (κ2) is 4.57. The Morgan fingerprint density at radius 1 is 1.06 bits per heavy atom. The molecule has 0 saturated heterocycles. The maximum absolute atomic E-state index is 3.99. The van der Waals surface area contributed by atoms with Gasteiger partial charge in [0.05, 0.1) is 0 Å². The predicted octanol–water partition coefficient (Wildman–Crippen LogP) is 4.00. The fourth-order valence-electron chi connectivity index (χ4n) is 4.22. The molecule has 0 amide bonds. The summed E-state index contributed by atoms with van der Waals surface area (Å²) in [6.45, 7) is 0. The van der Waals surface area contributed by atoms with E-state index < -0.39 is 0 Å². The van der Waals surface area contributed by atoms with Crippen molar-refractivity contribution < 1.29 is 0 Å². The van der Waals surface area contributed by atoms with Crippen molar-refractivity contribution in [3.05, 3.63) is 29.8 Å². The summed E-state index contributed by atoms with van der Waals surface area (Å²) in [5.41, 5.74) is 1.55. The van der Waals surface area contributed by atoms with Crippen molar-refractivity contribution >= 4 is 11.8 Å². The van der Waals surface area contributed by atoms with Gasteiger partial charge in [-0.25, -0.2) is 0 Å². The first-order valence-corrected chi connectivity index (χ1v) is 8.36. The normalized spacial score (nSPS) is 37.8. The number of nitrogens with one attached hydrogen (secondary N) is 1. The highest BCUT2D eigenvalue weighted by molar-refractivity contribution is 7.99. The molecule has 2 saturated carbocycles. The average molecular weight is 259 g/mol. The zero-order valence-corrected chi connectivity index (χ0v) is 11.6. The maximum atomic E-state index is 3.99. The highest BCUT2D eigenvalue weighted by atomic mass is 32.2. The smallest absolute Gasteiger partial charge is 0.0341 e. The second-order valence-corrected chi connectivity index (χ2v) is 7.31. The monoisotopic (exact) mass is 259 g/mol. The molecule has 1 heterocycles. The molecule has 1 nitrogen and oxygen atoms in total. The fourth-order valence-corrected chi connectivity index (χ4v) is 5.35. The van der Waals surface area contributed by atoms with Crippen LogP contribution in [0.4, 0.5) is 0 Å². The van der Waals surface area contributed by atoms with Crippen molar-refractivity contribution in [1.29, 1.82) is 0 Å². The number of thioether (sulfide) groups is 1. The van der Waals surface area contributed by atoms with Gasteiger partial charge in [-0.05, 0) is 54.9 Å². The summed E-state index contributed by atoms with van der Waals surface area (Å²) in [7, 11) is 0. The lowest BCUT2D eigenvalue weighted by Gasteiger charge is -2.32. The zero-order chi connectivity index (χ0) is 11.9. The lowest BCUT2D eigenvalue weighted by atomic mass is 9.93. The first-order valence-electron chi connectivity index (χ1n) is 7.38. The van der Waals surface area contributed by atoms with Crippen molar-refractivity contribution in [1.82, 2.24) is 5.32 Å². The molecule has 4 rings (SSSR count). The standard InChI is InChI=1S/C16H21NS/c1-2-4-16-13(3-1)14(7-8-18-16)17-15-10-11-5-6-12(15)9-11/h1-4,11-12,14-15,17H,5-10H2. The lowest BCUT2D eigenvalue weighted by Crippen LogP contribution is -2.38. The van der Waals surface area contributed by atoms with Crippen LogP contribution >= 0.6 is 11.8 Å². The average Bonchev–Trinajstić information content (AvgIpc) is 3.01. The highest BCUT2D eigenvalue weighted by Gasteiger charge is 2.40. The molecule has 1 aliphatic heterocycles. The van der Waals surface area contributed by atoms with Crippen molar-refractivity contribution in [3.8, 4) is 0 Å². The topological polar surface area (TPSA) is 12.0 Å². The molecule has 1 aromatic carbocycles. The second-order valence-electron chi connectivity index (χ2n) is 6.18. The molecule has 96 valence electrons. The van der Waals surface area contributed by atoms with Gasteiger partial charge in [0.1, 0.15) is 0 Å². The molecule has 3 aliphatic rings. The van der Waals surface area contributed by atoms with Crippen molar-refractivity contribution in [2.24, 2.45) is 11.8 Å². The predicted molar refractivity (Wildman–Crippen MR) is 76.9 cm³/mol. The molecule has 0 spiro atoms. The van der Waals surface area contributed by atoms with Gasteiger partial charge in [0.15, 0.2) is 0 Å². The van der Waals surface area contributed by atoms with Gasteiger partial charge in [-0.1, -0.05) is 24.6 Å². The number of benzene rings is 1. The number of hydrogen-bond donors (Lipinski definition) is 1. The minimum absolute atomic E-state index is 0.617. The van der Waals surface area contributed by atoms with Crippen LogP contribution in [0.5, 0.6) is 0 Å². The Balaban J connectivity index is 1.53. The molecule has 1 aromatic rings. The van der Waals surface area contributed by atoms with Crippen LogP contribution in [0.15, 0.2) is 29.2 Å². The largest absolute Gasteiger partial charge is 0.307 e. The summed E-state index contributed by atoms with van der Waals surface area (Å²) in [4.78, 5) is 1.50. The molecule has 2 fully saturated rings. The van der Waals surface area contributed by atoms with E-state index in [2.05, 4.69) is 29.6 Å². The van der Waals surface area contributed by atoms with E-state index in [-0.39, 0.29) is 0 Å². The van der Waals surface area contributed by atoms with Gasteiger partial charge in [-0.15, -0.1) is 11.8 Å². The molecule has 18 heavy (non-hydrogen) atoms. The van der Waals surface area contributed by atoms with Crippen molar-refractivity contribution in [2.75, 3.05) is 5.75 Å². The Hall–Kier alpha value is -0.470. The molecule has 4 unspecified atom stereocenters. The van der Waals surface area contributed by atoms with E-state index in [1.54, 1.807) is 5.56 Å². The van der Waals surface area contributed by atoms with E-state index in [9.17, 15) is 0 Å². The summed E-state index contributed by atoms with van der Waals surface area (Å²) in [5, 5.41) is 3.99. The summed E-state index contributed by atoms with van der Waals surface area (Å²) < 4.78 is 0. The van der Waals surface area contributed by atoms with Crippen LogP contribution in [0.3, 0.4) is 0 Å².